The fraction of sp³-hybridized carbons (Fsp3) is 0.385. The first-order valence-electron chi connectivity index (χ1n) is 5.60. The number of benzene rings is 1. The second-order valence-corrected chi connectivity index (χ2v) is 4.20. The van der Waals surface area contributed by atoms with Gasteiger partial charge in [0.1, 0.15) is 5.75 Å². The third kappa shape index (κ3) is 4.44. The average molecular weight is 248 g/mol. The van der Waals surface area contributed by atoms with Crippen LogP contribution in [0.5, 0.6) is 5.75 Å². The van der Waals surface area contributed by atoms with Gasteiger partial charge < -0.3 is 10.2 Å². The van der Waals surface area contributed by atoms with Crippen molar-refractivity contribution in [3.63, 3.8) is 0 Å². The summed E-state index contributed by atoms with van der Waals surface area (Å²) < 4.78 is 0. The van der Waals surface area contributed by atoms with Crippen LogP contribution in [0.2, 0.25) is 0 Å². The van der Waals surface area contributed by atoms with E-state index in [1.165, 1.54) is 0 Å². The fourth-order valence-corrected chi connectivity index (χ4v) is 1.74. The first-order chi connectivity index (χ1) is 8.52. The number of aromatic hydroxyl groups is 1. The van der Waals surface area contributed by atoms with E-state index in [0.29, 0.717) is 6.42 Å². The van der Waals surface area contributed by atoms with Crippen LogP contribution in [0.25, 0.3) is 0 Å². The van der Waals surface area contributed by atoms with E-state index in [-0.39, 0.29) is 24.8 Å². The number of phenols is 1. The highest BCUT2D eigenvalue weighted by molar-refractivity contribution is 5.69. The fourth-order valence-electron chi connectivity index (χ4n) is 1.74. The van der Waals surface area contributed by atoms with E-state index in [1.807, 2.05) is 0 Å². The Morgan fingerprint density at radius 2 is 2.06 bits per heavy atom. The summed E-state index contributed by atoms with van der Waals surface area (Å²) in [6, 6.07) is 8.63. The number of carboxylic acid groups (broad SMARTS) is 1. The minimum absolute atomic E-state index is 0.0928. The molecule has 1 rings (SSSR count). The normalized spacial score (nSPS) is 12.1. The summed E-state index contributed by atoms with van der Waals surface area (Å²) in [7, 11) is 1.69. The van der Waals surface area contributed by atoms with Crippen LogP contribution in [0, 0.1) is 11.3 Å². The van der Waals surface area contributed by atoms with E-state index in [2.05, 4.69) is 6.07 Å². The molecule has 0 aliphatic rings. The summed E-state index contributed by atoms with van der Waals surface area (Å²) in [6.07, 6.45) is 0.849. The van der Waals surface area contributed by atoms with Crippen molar-refractivity contribution in [3.05, 3.63) is 29.8 Å². The Kier molecular flexibility index (Phi) is 5.15. The topological polar surface area (TPSA) is 84.6 Å². The van der Waals surface area contributed by atoms with Crippen LogP contribution in [0.3, 0.4) is 0 Å². The van der Waals surface area contributed by atoms with E-state index in [9.17, 15) is 9.90 Å². The molecule has 0 fully saturated rings. The first-order valence-corrected chi connectivity index (χ1v) is 5.60. The Hall–Kier alpha value is -2.06. The maximum Gasteiger partial charge on any atom is 0.317 e. The van der Waals surface area contributed by atoms with Crippen LogP contribution in [0.4, 0.5) is 0 Å². The van der Waals surface area contributed by atoms with Crippen molar-refractivity contribution in [1.82, 2.24) is 4.90 Å². The van der Waals surface area contributed by atoms with Crippen molar-refractivity contribution >= 4 is 5.97 Å². The highest BCUT2D eigenvalue weighted by Crippen LogP contribution is 2.14. The summed E-state index contributed by atoms with van der Waals surface area (Å²) in [5.74, 6) is -0.722. The minimum Gasteiger partial charge on any atom is -0.508 e. The van der Waals surface area contributed by atoms with E-state index in [1.54, 1.807) is 36.2 Å². The quantitative estimate of drug-likeness (QED) is 0.791. The average Bonchev–Trinajstić information content (AvgIpc) is 2.30. The maximum absolute atomic E-state index is 10.7. The van der Waals surface area contributed by atoms with Gasteiger partial charge in [0.2, 0.25) is 0 Å². The van der Waals surface area contributed by atoms with Crippen molar-refractivity contribution in [3.8, 4) is 11.8 Å². The van der Waals surface area contributed by atoms with E-state index in [4.69, 9.17) is 10.4 Å². The number of nitriles is 1. The molecule has 96 valence electrons. The lowest BCUT2D eigenvalue weighted by atomic mass is 10.0. The van der Waals surface area contributed by atoms with Crippen molar-refractivity contribution < 1.29 is 15.0 Å². The van der Waals surface area contributed by atoms with Crippen molar-refractivity contribution in [2.24, 2.45) is 0 Å². The number of aliphatic carboxylic acids is 1. The van der Waals surface area contributed by atoms with Crippen LogP contribution < -0.4 is 0 Å². The Balaban J connectivity index is 2.70. The van der Waals surface area contributed by atoms with Gasteiger partial charge in [-0.2, -0.15) is 5.26 Å². The molecule has 0 aliphatic carbocycles. The molecule has 18 heavy (non-hydrogen) atoms. The molecule has 0 saturated heterocycles. The number of carboxylic acids is 1. The maximum atomic E-state index is 10.7. The molecule has 0 spiro atoms. The van der Waals surface area contributed by atoms with Gasteiger partial charge in [-0.25, -0.2) is 0 Å². The van der Waals surface area contributed by atoms with Gasteiger partial charge in [0.25, 0.3) is 0 Å². The molecule has 0 aromatic heterocycles. The Morgan fingerprint density at radius 3 is 2.56 bits per heavy atom. The molecule has 1 aromatic rings. The molecule has 1 aromatic carbocycles. The predicted octanol–water partition coefficient (Wildman–Crippen LogP) is 1.23. The van der Waals surface area contributed by atoms with Gasteiger partial charge in [0.05, 0.1) is 19.0 Å². The summed E-state index contributed by atoms with van der Waals surface area (Å²) in [5, 5.41) is 26.7. The van der Waals surface area contributed by atoms with Gasteiger partial charge in [-0.15, -0.1) is 0 Å². The molecule has 0 radical (unpaired) electrons. The third-order valence-electron chi connectivity index (χ3n) is 2.74. The Morgan fingerprint density at radius 1 is 1.44 bits per heavy atom. The van der Waals surface area contributed by atoms with Gasteiger partial charge in [0, 0.05) is 6.04 Å². The molecular formula is C13H16N2O3. The summed E-state index contributed by atoms with van der Waals surface area (Å²) in [6.45, 7) is -0.0928. The van der Waals surface area contributed by atoms with Crippen LogP contribution in [-0.4, -0.2) is 40.7 Å². The van der Waals surface area contributed by atoms with Crippen molar-refractivity contribution in [2.75, 3.05) is 13.6 Å². The molecular weight excluding hydrogens is 232 g/mol. The van der Waals surface area contributed by atoms with Crippen LogP contribution in [0.15, 0.2) is 24.3 Å². The first kappa shape index (κ1) is 14.0. The molecule has 0 heterocycles. The number of carbonyl (C=O) groups is 1. The van der Waals surface area contributed by atoms with Gasteiger partial charge in [-0.05, 0) is 31.2 Å². The largest absolute Gasteiger partial charge is 0.508 e. The summed E-state index contributed by atoms with van der Waals surface area (Å²) >= 11 is 0. The number of rotatable bonds is 6. The van der Waals surface area contributed by atoms with Gasteiger partial charge >= 0.3 is 5.97 Å². The second-order valence-electron chi connectivity index (χ2n) is 4.20. The molecule has 5 heteroatoms. The van der Waals surface area contributed by atoms with Crippen LogP contribution >= 0.6 is 0 Å². The van der Waals surface area contributed by atoms with E-state index in [0.717, 1.165) is 5.56 Å². The number of likely N-dealkylation sites (N-methyl/N-ethyl adjacent to an activating group) is 1. The molecule has 0 unspecified atom stereocenters. The molecule has 5 nitrogen and oxygen atoms in total. The van der Waals surface area contributed by atoms with Crippen LogP contribution in [0.1, 0.15) is 12.0 Å². The lowest BCUT2D eigenvalue weighted by Gasteiger charge is -2.24. The predicted molar refractivity (Wildman–Crippen MR) is 66.1 cm³/mol. The van der Waals surface area contributed by atoms with Gasteiger partial charge in [-0.1, -0.05) is 12.1 Å². The third-order valence-corrected chi connectivity index (χ3v) is 2.74. The zero-order chi connectivity index (χ0) is 13.5. The molecule has 2 N–H and O–H groups in total. The number of hydrogen-bond acceptors (Lipinski definition) is 4. The number of hydrogen-bond donors (Lipinski definition) is 2. The zero-order valence-electron chi connectivity index (χ0n) is 10.2. The monoisotopic (exact) mass is 248 g/mol. The highest BCUT2D eigenvalue weighted by atomic mass is 16.4. The van der Waals surface area contributed by atoms with Crippen LogP contribution in [-0.2, 0) is 11.2 Å². The van der Waals surface area contributed by atoms with Crippen molar-refractivity contribution in [1.29, 1.82) is 5.26 Å². The Bertz CT molecular complexity index is 437. The molecule has 0 aliphatic heterocycles. The lowest BCUT2D eigenvalue weighted by Crippen LogP contribution is -2.37. The SMILES string of the molecule is CN(CC(=O)O)[C@H](CC#N)Cc1ccc(O)cc1. The molecule has 0 bridgehead atoms. The minimum atomic E-state index is -0.911. The number of nitrogens with zero attached hydrogens (tertiary/aromatic N) is 2. The smallest absolute Gasteiger partial charge is 0.317 e. The molecule has 0 saturated carbocycles. The summed E-state index contributed by atoms with van der Waals surface area (Å²) in [5.41, 5.74) is 0.963. The van der Waals surface area contributed by atoms with E-state index < -0.39 is 5.97 Å². The molecule has 1 atom stereocenters. The lowest BCUT2D eigenvalue weighted by molar-refractivity contribution is -0.138. The second kappa shape index (κ2) is 6.62. The Labute approximate surface area is 106 Å². The highest BCUT2D eigenvalue weighted by Gasteiger charge is 2.17. The van der Waals surface area contributed by atoms with Gasteiger partial charge in [0.15, 0.2) is 0 Å². The summed E-state index contributed by atoms with van der Waals surface area (Å²) in [4.78, 5) is 12.3. The van der Waals surface area contributed by atoms with Gasteiger partial charge in [-0.3, -0.25) is 9.69 Å². The standard InChI is InChI=1S/C13H16N2O3/c1-15(9-13(17)18)11(6-7-14)8-10-2-4-12(16)5-3-10/h2-5,11,16H,6,8-9H2,1H3,(H,17,18)/t11-/m1/s1. The zero-order valence-corrected chi connectivity index (χ0v) is 10.2. The molecule has 0 amide bonds. The van der Waals surface area contributed by atoms with Crippen molar-refractivity contribution in [2.45, 2.75) is 18.9 Å². The number of phenolic OH excluding ortho intramolecular Hbond substituents is 1. The van der Waals surface area contributed by atoms with E-state index >= 15 is 0 Å².